The van der Waals surface area contributed by atoms with Gasteiger partial charge in [0, 0.05) is 6.54 Å². The normalized spacial score (nSPS) is 26.9. The summed E-state index contributed by atoms with van der Waals surface area (Å²) in [4.78, 5) is 1.86. The number of nitrogens with two attached hydrogens (primary N) is 1. The molecule has 7 nitrogen and oxygen atoms in total. The van der Waals surface area contributed by atoms with Crippen molar-refractivity contribution in [2.75, 3.05) is 30.3 Å². The summed E-state index contributed by atoms with van der Waals surface area (Å²) in [5.74, 6) is 0. The van der Waals surface area contributed by atoms with Gasteiger partial charge in [-0.25, -0.2) is 0 Å². The van der Waals surface area contributed by atoms with E-state index in [4.69, 9.17) is 20.0 Å². The maximum absolute atomic E-state index is 9.04. The number of nitrogens with zero attached hydrogens (tertiary/aromatic N) is 3. The quantitative estimate of drug-likeness (QED) is 0.667. The molecule has 2 heterocycles. The molecule has 1 fully saturated rings. The highest BCUT2D eigenvalue weighted by atomic mass is 16.5. The van der Waals surface area contributed by atoms with Crippen molar-refractivity contribution in [3.8, 4) is 0 Å². The molecule has 0 spiro atoms. The van der Waals surface area contributed by atoms with E-state index in [1.807, 2.05) is 11.8 Å². The van der Waals surface area contributed by atoms with Crippen molar-refractivity contribution in [3.63, 3.8) is 0 Å². The molecular weight excluding hydrogens is 200 g/mol. The minimum absolute atomic E-state index is 0.0176. The second kappa shape index (κ2) is 4.03. The van der Waals surface area contributed by atoms with E-state index in [0.717, 1.165) is 0 Å². The third kappa shape index (κ3) is 2.18. The highest BCUT2D eigenvalue weighted by Gasteiger charge is 2.27. The molecule has 84 valence electrons. The summed E-state index contributed by atoms with van der Waals surface area (Å²) >= 11 is 0. The number of aliphatic hydroxyl groups excluding tert-OH is 1. The van der Waals surface area contributed by atoms with Crippen molar-refractivity contribution < 1.29 is 14.3 Å². The van der Waals surface area contributed by atoms with Gasteiger partial charge in [0.05, 0.1) is 25.4 Å². The molecule has 0 saturated carbocycles. The molecular formula is C8H14N4O3. The number of ether oxygens (including phenoxy) is 1. The van der Waals surface area contributed by atoms with Crippen LogP contribution in [-0.4, -0.2) is 47.2 Å². The third-order valence-corrected chi connectivity index (χ3v) is 2.23. The zero-order chi connectivity index (χ0) is 10.8. The van der Waals surface area contributed by atoms with E-state index in [1.54, 1.807) is 0 Å². The predicted molar refractivity (Wildman–Crippen MR) is 52.3 cm³/mol. The standard InChI is InChI=1S/C8H14N4O3/c1-5-2-12(3-6(4-13)14-5)8-11-10-7(9)15-8/h5-6,13H,2-4H2,1H3,(H2,9,10). The van der Waals surface area contributed by atoms with E-state index in [0.29, 0.717) is 19.1 Å². The monoisotopic (exact) mass is 214 g/mol. The first-order chi connectivity index (χ1) is 7.19. The summed E-state index contributed by atoms with van der Waals surface area (Å²) in [5.41, 5.74) is 5.34. The Hall–Kier alpha value is -1.34. The van der Waals surface area contributed by atoms with E-state index in [-0.39, 0.29) is 24.8 Å². The van der Waals surface area contributed by atoms with Gasteiger partial charge < -0.3 is 24.9 Å². The minimum Gasteiger partial charge on any atom is -0.394 e. The molecule has 1 aromatic rings. The van der Waals surface area contributed by atoms with Gasteiger partial charge in [-0.3, -0.25) is 0 Å². The average molecular weight is 214 g/mol. The highest BCUT2D eigenvalue weighted by molar-refractivity contribution is 5.29. The summed E-state index contributed by atoms with van der Waals surface area (Å²) in [7, 11) is 0. The molecule has 0 aromatic carbocycles. The van der Waals surface area contributed by atoms with Crippen LogP contribution in [0, 0.1) is 0 Å². The Balaban J connectivity index is 2.08. The van der Waals surface area contributed by atoms with Crippen molar-refractivity contribution in [1.82, 2.24) is 10.2 Å². The van der Waals surface area contributed by atoms with Crippen LogP contribution < -0.4 is 10.6 Å². The number of morpholine rings is 1. The summed E-state index contributed by atoms with van der Waals surface area (Å²) in [6.07, 6.45) is -0.203. The van der Waals surface area contributed by atoms with Crippen molar-refractivity contribution in [3.05, 3.63) is 0 Å². The predicted octanol–water partition coefficient (Wildman–Crippen LogP) is -0.762. The highest BCUT2D eigenvalue weighted by Crippen LogP contribution is 2.19. The largest absolute Gasteiger partial charge is 0.394 e. The first-order valence-electron chi connectivity index (χ1n) is 4.79. The van der Waals surface area contributed by atoms with Gasteiger partial charge in [-0.15, -0.1) is 0 Å². The van der Waals surface area contributed by atoms with Crippen LogP contribution in [0.25, 0.3) is 0 Å². The molecule has 0 amide bonds. The fraction of sp³-hybridized carbons (Fsp3) is 0.750. The van der Waals surface area contributed by atoms with Crippen LogP contribution >= 0.6 is 0 Å². The molecule has 15 heavy (non-hydrogen) atoms. The molecule has 7 heteroatoms. The number of nitrogen functional groups attached to an aromatic ring is 1. The van der Waals surface area contributed by atoms with E-state index >= 15 is 0 Å². The van der Waals surface area contributed by atoms with Crippen LogP contribution in [-0.2, 0) is 4.74 Å². The Labute approximate surface area is 86.8 Å². The van der Waals surface area contributed by atoms with Gasteiger partial charge in [0.25, 0.3) is 0 Å². The van der Waals surface area contributed by atoms with Gasteiger partial charge in [0.1, 0.15) is 0 Å². The van der Waals surface area contributed by atoms with E-state index in [9.17, 15) is 0 Å². The van der Waals surface area contributed by atoms with Gasteiger partial charge in [0.15, 0.2) is 0 Å². The Morgan fingerprint density at radius 2 is 2.33 bits per heavy atom. The van der Waals surface area contributed by atoms with Crippen LogP contribution in [0.15, 0.2) is 4.42 Å². The molecule has 2 unspecified atom stereocenters. The zero-order valence-corrected chi connectivity index (χ0v) is 8.46. The van der Waals surface area contributed by atoms with Gasteiger partial charge >= 0.3 is 12.0 Å². The summed E-state index contributed by atoms with van der Waals surface area (Å²) < 4.78 is 10.6. The summed E-state index contributed by atoms with van der Waals surface area (Å²) in [5, 5.41) is 16.4. The van der Waals surface area contributed by atoms with Gasteiger partial charge in [0.2, 0.25) is 0 Å². The van der Waals surface area contributed by atoms with Crippen LogP contribution in [0.5, 0.6) is 0 Å². The average Bonchev–Trinajstić information content (AvgIpc) is 2.64. The molecule has 0 bridgehead atoms. The van der Waals surface area contributed by atoms with Crippen LogP contribution in [0.4, 0.5) is 12.0 Å². The Morgan fingerprint density at radius 3 is 2.93 bits per heavy atom. The fourth-order valence-corrected chi connectivity index (χ4v) is 1.66. The van der Waals surface area contributed by atoms with Crippen molar-refractivity contribution >= 4 is 12.0 Å². The number of aliphatic hydroxyl groups is 1. The Morgan fingerprint density at radius 1 is 1.53 bits per heavy atom. The fourth-order valence-electron chi connectivity index (χ4n) is 1.66. The minimum atomic E-state index is -0.220. The molecule has 1 aromatic heterocycles. The molecule has 1 aliphatic heterocycles. The lowest BCUT2D eigenvalue weighted by atomic mass is 10.2. The van der Waals surface area contributed by atoms with E-state index in [2.05, 4.69) is 10.2 Å². The van der Waals surface area contributed by atoms with Crippen molar-refractivity contribution in [2.24, 2.45) is 0 Å². The summed E-state index contributed by atoms with van der Waals surface area (Å²) in [6, 6.07) is 0.422. The molecule has 3 N–H and O–H groups in total. The second-order valence-electron chi connectivity index (χ2n) is 3.58. The Bertz CT molecular complexity index is 329. The number of hydrogen-bond acceptors (Lipinski definition) is 7. The van der Waals surface area contributed by atoms with E-state index < -0.39 is 0 Å². The number of aromatic nitrogens is 2. The third-order valence-electron chi connectivity index (χ3n) is 2.23. The molecule has 0 radical (unpaired) electrons. The van der Waals surface area contributed by atoms with Crippen molar-refractivity contribution in [1.29, 1.82) is 0 Å². The number of rotatable bonds is 2. The lowest BCUT2D eigenvalue weighted by molar-refractivity contribution is -0.0432. The van der Waals surface area contributed by atoms with Crippen LogP contribution in [0.3, 0.4) is 0 Å². The van der Waals surface area contributed by atoms with Gasteiger partial charge in [-0.05, 0) is 6.92 Å². The lowest BCUT2D eigenvalue weighted by Gasteiger charge is -2.34. The molecule has 2 atom stereocenters. The van der Waals surface area contributed by atoms with Crippen molar-refractivity contribution in [2.45, 2.75) is 19.1 Å². The smallest absolute Gasteiger partial charge is 0.319 e. The van der Waals surface area contributed by atoms with Gasteiger partial charge in [-0.1, -0.05) is 10.2 Å². The zero-order valence-electron chi connectivity index (χ0n) is 8.46. The summed E-state index contributed by atoms with van der Waals surface area (Å²) in [6.45, 7) is 3.08. The maximum Gasteiger partial charge on any atom is 0.319 e. The molecule has 1 aliphatic rings. The molecule has 2 rings (SSSR count). The van der Waals surface area contributed by atoms with E-state index in [1.165, 1.54) is 0 Å². The number of anilines is 2. The Kier molecular flexibility index (Phi) is 2.74. The van der Waals surface area contributed by atoms with Crippen LogP contribution in [0.2, 0.25) is 0 Å². The van der Waals surface area contributed by atoms with Crippen LogP contribution in [0.1, 0.15) is 6.92 Å². The first-order valence-corrected chi connectivity index (χ1v) is 4.79. The SMILES string of the molecule is CC1CN(c2nnc(N)o2)CC(CO)O1. The maximum atomic E-state index is 9.04. The topological polar surface area (TPSA) is 97.6 Å². The molecule has 0 aliphatic carbocycles. The first kappa shape index (κ1) is 10.2. The molecule has 1 saturated heterocycles. The van der Waals surface area contributed by atoms with Gasteiger partial charge in [-0.2, -0.15) is 0 Å². The number of hydrogen-bond donors (Lipinski definition) is 2. The lowest BCUT2D eigenvalue weighted by Crippen LogP contribution is -2.48. The second-order valence-corrected chi connectivity index (χ2v) is 3.58.